The van der Waals surface area contributed by atoms with E-state index in [2.05, 4.69) is 16.4 Å². The van der Waals surface area contributed by atoms with Gasteiger partial charge in [-0.3, -0.25) is 0 Å². The van der Waals surface area contributed by atoms with Gasteiger partial charge in [-0.25, -0.2) is 19.0 Å². The third-order valence-electron chi connectivity index (χ3n) is 6.65. The third-order valence-corrected chi connectivity index (χ3v) is 7.75. The molecular formula is C30H30Cl3FN4O4. The van der Waals surface area contributed by atoms with Crippen molar-refractivity contribution in [1.82, 2.24) is 9.88 Å². The van der Waals surface area contributed by atoms with Crippen molar-refractivity contribution in [2.24, 2.45) is 0 Å². The molecule has 1 N–H and O–H groups in total. The smallest absolute Gasteiger partial charge is 0.410 e. The van der Waals surface area contributed by atoms with Gasteiger partial charge in [0.25, 0.3) is 0 Å². The zero-order valence-corrected chi connectivity index (χ0v) is 25.9. The second-order valence-electron chi connectivity index (χ2n) is 10.8. The Morgan fingerprint density at radius 1 is 1.26 bits per heavy atom. The SMILES string of the molecule is CCOC(=O)c1c(Cl)nc2c(F)c(-c3cccc(Cl)c3Cl)c(CCC#N)cc2c1NC1CCN(C(=O)OC(C)(C)C)C1. The minimum Gasteiger partial charge on any atom is -0.462 e. The number of carbonyl (C=O) groups excluding carboxylic acids is 2. The highest BCUT2D eigenvalue weighted by Gasteiger charge is 2.33. The Morgan fingerprint density at radius 2 is 2.00 bits per heavy atom. The molecule has 0 aliphatic carbocycles. The summed E-state index contributed by atoms with van der Waals surface area (Å²) < 4.78 is 27.3. The van der Waals surface area contributed by atoms with Crippen LogP contribution in [0.2, 0.25) is 15.2 Å². The van der Waals surface area contributed by atoms with E-state index in [0.717, 1.165) is 0 Å². The number of ether oxygens (including phenoxy) is 2. The molecular weight excluding hydrogens is 606 g/mol. The van der Waals surface area contributed by atoms with E-state index in [9.17, 15) is 14.9 Å². The molecule has 0 bridgehead atoms. The monoisotopic (exact) mass is 634 g/mol. The highest BCUT2D eigenvalue weighted by molar-refractivity contribution is 6.43. The lowest BCUT2D eigenvalue weighted by molar-refractivity contribution is 0.0293. The molecule has 0 spiro atoms. The predicted octanol–water partition coefficient (Wildman–Crippen LogP) is 8.06. The first-order chi connectivity index (χ1) is 19.9. The molecule has 1 fully saturated rings. The van der Waals surface area contributed by atoms with E-state index in [-0.39, 0.29) is 75.0 Å². The fourth-order valence-corrected chi connectivity index (χ4v) is 5.53. The summed E-state index contributed by atoms with van der Waals surface area (Å²) in [6, 6.07) is 8.32. The van der Waals surface area contributed by atoms with Gasteiger partial charge in [-0.15, -0.1) is 0 Å². The Balaban J connectivity index is 1.90. The molecule has 1 atom stereocenters. The molecule has 2 heterocycles. The second-order valence-corrected chi connectivity index (χ2v) is 12.0. The molecule has 8 nitrogen and oxygen atoms in total. The van der Waals surface area contributed by atoms with Crippen molar-refractivity contribution >= 4 is 63.5 Å². The van der Waals surface area contributed by atoms with Crippen LogP contribution >= 0.6 is 34.8 Å². The van der Waals surface area contributed by atoms with Crippen molar-refractivity contribution in [2.75, 3.05) is 25.0 Å². The highest BCUT2D eigenvalue weighted by atomic mass is 35.5. The largest absolute Gasteiger partial charge is 0.462 e. The lowest BCUT2D eigenvalue weighted by Gasteiger charge is -2.25. The molecule has 0 saturated carbocycles. The van der Waals surface area contributed by atoms with Crippen molar-refractivity contribution in [3.8, 4) is 17.2 Å². The number of amides is 1. The summed E-state index contributed by atoms with van der Waals surface area (Å²) >= 11 is 19.3. The van der Waals surface area contributed by atoms with Crippen LogP contribution in [0.5, 0.6) is 0 Å². The minimum absolute atomic E-state index is 0.0547. The van der Waals surface area contributed by atoms with Crippen molar-refractivity contribution in [1.29, 1.82) is 5.26 Å². The van der Waals surface area contributed by atoms with Gasteiger partial charge in [0.2, 0.25) is 0 Å². The summed E-state index contributed by atoms with van der Waals surface area (Å²) in [5, 5.41) is 13.1. The van der Waals surface area contributed by atoms with Gasteiger partial charge in [0.15, 0.2) is 5.82 Å². The van der Waals surface area contributed by atoms with E-state index >= 15 is 4.39 Å². The number of carbonyl (C=O) groups is 2. The van der Waals surface area contributed by atoms with E-state index < -0.39 is 23.5 Å². The number of esters is 1. The maximum absolute atomic E-state index is 16.5. The number of benzene rings is 2. The quantitative estimate of drug-likeness (QED) is 0.207. The topological polar surface area (TPSA) is 105 Å². The molecule has 222 valence electrons. The standard InChI is InChI=1S/C30H30Cl3FN4O4/c1-5-41-28(39)22-25(36-17-11-13-38(15-17)29(40)42-30(2,3)4)19-14-16(8-7-12-35)21(24(34)26(19)37-27(22)33)18-9-6-10-20(31)23(18)32/h6,9-10,14,17H,5,7-8,11,13,15H2,1-4H3,(H,36,37). The summed E-state index contributed by atoms with van der Waals surface area (Å²) in [6.07, 6.45) is 0.359. The number of pyridine rings is 1. The molecule has 12 heteroatoms. The lowest BCUT2D eigenvalue weighted by atomic mass is 9.92. The van der Waals surface area contributed by atoms with Crippen molar-refractivity contribution in [2.45, 2.75) is 58.6 Å². The van der Waals surface area contributed by atoms with E-state index in [1.807, 2.05) is 0 Å². The van der Waals surface area contributed by atoms with Crippen LogP contribution in [0.1, 0.15) is 56.5 Å². The average molecular weight is 636 g/mol. The molecule has 1 aliphatic rings. The number of anilines is 1. The lowest BCUT2D eigenvalue weighted by Crippen LogP contribution is -2.36. The van der Waals surface area contributed by atoms with E-state index in [1.54, 1.807) is 56.9 Å². The predicted molar refractivity (Wildman–Crippen MR) is 162 cm³/mol. The fraction of sp³-hybridized carbons (Fsp3) is 0.400. The normalized spacial score (nSPS) is 15.0. The molecule has 0 radical (unpaired) electrons. The number of nitrogens with zero attached hydrogens (tertiary/aromatic N) is 3. The van der Waals surface area contributed by atoms with Crippen LogP contribution < -0.4 is 5.32 Å². The Hall–Kier alpha value is -3.32. The molecule has 1 aromatic heterocycles. The highest BCUT2D eigenvalue weighted by Crippen LogP contribution is 2.43. The molecule has 42 heavy (non-hydrogen) atoms. The van der Waals surface area contributed by atoms with Crippen LogP contribution in [0.4, 0.5) is 14.9 Å². The van der Waals surface area contributed by atoms with Gasteiger partial charge in [-0.2, -0.15) is 5.26 Å². The Morgan fingerprint density at radius 3 is 2.67 bits per heavy atom. The van der Waals surface area contributed by atoms with E-state index in [4.69, 9.17) is 44.3 Å². The summed E-state index contributed by atoms with van der Waals surface area (Å²) in [7, 11) is 0. The average Bonchev–Trinajstić information content (AvgIpc) is 3.38. The zero-order valence-electron chi connectivity index (χ0n) is 23.6. The van der Waals surface area contributed by atoms with Crippen molar-refractivity contribution in [3.05, 3.63) is 56.4 Å². The number of aromatic nitrogens is 1. The first-order valence-corrected chi connectivity index (χ1v) is 14.6. The van der Waals surface area contributed by atoms with Gasteiger partial charge < -0.3 is 19.7 Å². The van der Waals surface area contributed by atoms with Crippen LogP contribution in [-0.4, -0.2) is 53.3 Å². The number of hydrogen-bond acceptors (Lipinski definition) is 7. The van der Waals surface area contributed by atoms with Crippen LogP contribution in [0, 0.1) is 17.1 Å². The van der Waals surface area contributed by atoms with Gasteiger partial charge in [0.1, 0.15) is 21.8 Å². The number of halogens is 4. The number of hydrogen-bond donors (Lipinski definition) is 1. The first kappa shape index (κ1) is 31.6. The number of fused-ring (bicyclic) bond motifs is 1. The zero-order chi connectivity index (χ0) is 30.8. The van der Waals surface area contributed by atoms with Crippen LogP contribution in [0.3, 0.4) is 0 Å². The molecule has 1 saturated heterocycles. The molecule has 1 amide bonds. The maximum Gasteiger partial charge on any atom is 0.410 e. The fourth-order valence-electron chi connectivity index (χ4n) is 4.87. The van der Waals surface area contributed by atoms with Crippen LogP contribution in [0.25, 0.3) is 22.0 Å². The molecule has 1 unspecified atom stereocenters. The number of nitriles is 1. The van der Waals surface area contributed by atoms with Gasteiger partial charge in [0.05, 0.1) is 28.4 Å². The van der Waals surface area contributed by atoms with Crippen LogP contribution in [0.15, 0.2) is 24.3 Å². The molecule has 3 aromatic rings. The van der Waals surface area contributed by atoms with Crippen molar-refractivity contribution in [3.63, 3.8) is 0 Å². The number of rotatable bonds is 7. The summed E-state index contributed by atoms with van der Waals surface area (Å²) in [4.78, 5) is 31.6. The van der Waals surface area contributed by atoms with Gasteiger partial charge in [-0.1, -0.05) is 46.9 Å². The Bertz CT molecular complexity index is 1590. The van der Waals surface area contributed by atoms with Crippen LogP contribution in [-0.2, 0) is 15.9 Å². The summed E-state index contributed by atoms with van der Waals surface area (Å²) in [5.74, 6) is -1.46. The molecule has 2 aromatic carbocycles. The maximum atomic E-state index is 16.5. The van der Waals surface area contributed by atoms with E-state index in [1.165, 1.54) is 0 Å². The Kier molecular flexibility index (Phi) is 9.71. The van der Waals surface area contributed by atoms with Crippen molar-refractivity contribution < 1.29 is 23.5 Å². The van der Waals surface area contributed by atoms with Gasteiger partial charge >= 0.3 is 12.1 Å². The second kappa shape index (κ2) is 12.9. The molecule has 4 rings (SSSR count). The molecule has 1 aliphatic heterocycles. The van der Waals surface area contributed by atoms with Gasteiger partial charge in [-0.05, 0) is 58.2 Å². The van der Waals surface area contributed by atoms with E-state index in [0.29, 0.717) is 24.1 Å². The minimum atomic E-state index is -0.734. The Labute approximate surface area is 258 Å². The third kappa shape index (κ3) is 6.67. The van der Waals surface area contributed by atoms with Gasteiger partial charge in [0, 0.05) is 42.1 Å². The summed E-state index contributed by atoms with van der Waals surface area (Å²) in [6.45, 7) is 7.79. The number of aryl methyl sites for hydroxylation is 1. The number of likely N-dealkylation sites (tertiary alicyclic amines) is 1. The first-order valence-electron chi connectivity index (χ1n) is 13.4. The number of nitrogens with one attached hydrogen (secondary N) is 1. The summed E-state index contributed by atoms with van der Waals surface area (Å²) in [5.41, 5.74) is 0.345.